The molecule has 21 heavy (non-hydrogen) atoms. The third-order valence-electron chi connectivity index (χ3n) is 3.57. The summed E-state index contributed by atoms with van der Waals surface area (Å²) in [6, 6.07) is 8.05. The van der Waals surface area contributed by atoms with Crippen LogP contribution in [0.25, 0.3) is 0 Å². The van der Waals surface area contributed by atoms with Crippen LogP contribution >= 0.6 is 0 Å². The van der Waals surface area contributed by atoms with E-state index in [1.54, 1.807) is 11.1 Å². The summed E-state index contributed by atoms with van der Waals surface area (Å²) < 4.78 is 0. The van der Waals surface area contributed by atoms with Crippen LogP contribution in [-0.2, 0) is 6.42 Å². The van der Waals surface area contributed by atoms with Crippen molar-refractivity contribution in [3.8, 4) is 0 Å². The van der Waals surface area contributed by atoms with Crippen molar-refractivity contribution in [1.29, 1.82) is 0 Å². The average Bonchev–Trinajstić information content (AvgIpc) is 2.54. The highest BCUT2D eigenvalue weighted by Crippen LogP contribution is 2.27. The molecule has 0 bridgehead atoms. The van der Waals surface area contributed by atoms with E-state index in [1.165, 1.54) is 11.8 Å². The monoisotopic (exact) mass is 282 g/mol. The van der Waals surface area contributed by atoms with Crippen LogP contribution in [-0.4, -0.2) is 29.0 Å². The Kier molecular flexibility index (Phi) is 3.81. The predicted molar refractivity (Wildman–Crippen MR) is 82.6 cm³/mol. The Bertz CT molecular complexity index is 656. The van der Waals surface area contributed by atoms with Gasteiger partial charge < -0.3 is 10.2 Å². The smallest absolute Gasteiger partial charge is 0.278 e. The highest BCUT2D eigenvalue weighted by molar-refractivity contribution is 6.05. The fourth-order valence-corrected chi connectivity index (χ4v) is 2.62. The van der Waals surface area contributed by atoms with E-state index in [9.17, 15) is 4.79 Å². The standard InChI is InChI=1S/C16H18N4O/c1-2-18-15-11-17-10-13(19-15)16(21)20-9-5-7-12-6-3-4-8-14(12)20/h3-4,6,8,10-11H,2,5,7,9H2,1H3,(H,18,19). The number of aryl methyl sites for hydroxylation is 1. The van der Waals surface area contributed by atoms with Crippen LogP contribution in [0.5, 0.6) is 0 Å². The third kappa shape index (κ3) is 2.72. The molecule has 5 nitrogen and oxygen atoms in total. The van der Waals surface area contributed by atoms with Crippen molar-refractivity contribution in [2.45, 2.75) is 19.8 Å². The first kappa shape index (κ1) is 13.5. The predicted octanol–water partition coefficient (Wildman–Crippen LogP) is 2.50. The van der Waals surface area contributed by atoms with Gasteiger partial charge in [0.1, 0.15) is 11.5 Å². The first-order chi connectivity index (χ1) is 10.3. The maximum atomic E-state index is 12.7. The number of para-hydroxylation sites is 1. The maximum Gasteiger partial charge on any atom is 0.278 e. The van der Waals surface area contributed by atoms with Crippen molar-refractivity contribution in [1.82, 2.24) is 9.97 Å². The van der Waals surface area contributed by atoms with Crippen LogP contribution in [0.4, 0.5) is 11.5 Å². The largest absolute Gasteiger partial charge is 0.369 e. The Morgan fingerprint density at radius 1 is 1.33 bits per heavy atom. The molecule has 0 fully saturated rings. The van der Waals surface area contributed by atoms with Crippen LogP contribution in [0.15, 0.2) is 36.7 Å². The molecule has 1 amide bonds. The van der Waals surface area contributed by atoms with Gasteiger partial charge in [0.2, 0.25) is 0 Å². The molecule has 0 radical (unpaired) electrons. The van der Waals surface area contributed by atoms with Crippen LogP contribution in [0.2, 0.25) is 0 Å². The molecular weight excluding hydrogens is 264 g/mol. The molecule has 0 aliphatic carbocycles. The molecule has 1 aromatic carbocycles. The summed E-state index contributed by atoms with van der Waals surface area (Å²) in [6.45, 7) is 3.46. The van der Waals surface area contributed by atoms with E-state index in [0.717, 1.165) is 31.6 Å². The number of nitrogens with one attached hydrogen (secondary N) is 1. The minimum Gasteiger partial charge on any atom is -0.369 e. The SMILES string of the molecule is CCNc1cncc(C(=O)N2CCCc3ccccc32)n1. The summed E-state index contributed by atoms with van der Waals surface area (Å²) in [4.78, 5) is 23.0. The first-order valence-corrected chi connectivity index (χ1v) is 7.25. The van der Waals surface area contributed by atoms with Crippen LogP contribution in [0.3, 0.4) is 0 Å². The second-order valence-electron chi connectivity index (χ2n) is 5.01. The Hall–Kier alpha value is -2.43. The molecule has 2 aromatic rings. The lowest BCUT2D eigenvalue weighted by molar-refractivity contribution is 0.0980. The lowest BCUT2D eigenvalue weighted by atomic mass is 10.0. The van der Waals surface area contributed by atoms with Crippen molar-refractivity contribution < 1.29 is 4.79 Å². The highest BCUT2D eigenvalue weighted by Gasteiger charge is 2.24. The quantitative estimate of drug-likeness (QED) is 0.939. The number of anilines is 2. The topological polar surface area (TPSA) is 58.1 Å². The van der Waals surface area contributed by atoms with Gasteiger partial charge in [-0.05, 0) is 31.4 Å². The third-order valence-corrected chi connectivity index (χ3v) is 3.57. The minimum atomic E-state index is -0.0885. The van der Waals surface area contributed by atoms with Crippen molar-refractivity contribution in [3.63, 3.8) is 0 Å². The van der Waals surface area contributed by atoms with Crippen LogP contribution < -0.4 is 10.2 Å². The summed E-state index contributed by atoms with van der Waals surface area (Å²) in [6.07, 6.45) is 5.15. The summed E-state index contributed by atoms with van der Waals surface area (Å²) >= 11 is 0. The Morgan fingerprint density at radius 3 is 3.05 bits per heavy atom. The minimum absolute atomic E-state index is 0.0885. The zero-order valence-corrected chi connectivity index (χ0v) is 12.0. The molecule has 2 heterocycles. The van der Waals surface area contributed by atoms with Gasteiger partial charge in [0, 0.05) is 18.8 Å². The molecular formula is C16H18N4O. The van der Waals surface area contributed by atoms with E-state index in [1.807, 2.05) is 25.1 Å². The summed E-state index contributed by atoms with van der Waals surface area (Å²) in [5.74, 6) is 0.544. The number of hydrogen-bond acceptors (Lipinski definition) is 4. The number of rotatable bonds is 3. The van der Waals surface area contributed by atoms with Gasteiger partial charge >= 0.3 is 0 Å². The zero-order valence-electron chi connectivity index (χ0n) is 12.0. The van der Waals surface area contributed by atoms with Crippen molar-refractivity contribution >= 4 is 17.4 Å². The second-order valence-corrected chi connectivity index (χ2v) is 5.01. The van der Waals surface area contributed by atoms with Gasteiger partial charge in [-0.3, -0.25) is 9.78 Å². The number of aromatic nitrogens is 2. The summed E-state index contributed by atoms with van der Waals surface area (Å²) in [7, 11) is 0. The molecule has 108 valence electrons. The molecule has 1 aromatic heterocycles. The molecule has 1 N–H and O–H groups in total. The van der Waals surface area contributed by atoms with E-state index in [-0.39, 0.29) is 5.91 Å². The Balaban J connectivity index is 1.91. The molecule has 3 rings (SSSR count). The lowest BCUT2D eigenvalue weighted by Gasteiger charge is -2.29. The number of hydrogen-bond donors (Lipinski definition) is 1. The molecule has 1 aliphatic rings. The fraction of sp³-hybridized carbons (Fsp3) is 0.312. The highest BCUT2D eigenvalue weighted by atomic mass is 16.2. The first-order valence-electron chi connectivity index (χ1n) is 7.25. The van der Waals surface area contributed by atoms with E-state index >= 15 is 0 Å². The maximum absolute atomic E-state index is 12.7. The number of benzene rings is 1. The van der Waals surface area contributed by atoms with Gasteiger partial charge in [-0.15, -0.1) is 0 Å². The number of fused-ring (bicyclic) bond motifs is 1. The number of carbonyl (C=O) groups excluding carboxylic acids is 1. The molecule has 0 saturated heterocycles. The molecule has 0 spiro atoms. The Morgan fingerprint density at radius 2 is 2.19 bits per heavy atom. The van der Waals surface area contributed by atoms with Gasteiger partial charge in [-0.2, -0.15) is 0 Å². The molecule has 5 heteroatoms. The normalized spacial score (nSPS) is 13.7. The van der Waals surface area contributed by atoms with Gasteiger partial charge in [-0.1, -0.05) is 18.2 Å². The number of nitrogens with zero attached hydrogens (tertiary/aromatic N) is 3. The van der Waals surface area contributed by atoms with E-state index in [4.69, 9.17) is 0 Å². The van der Waals surface area contributed by atoms with E-state index in [2.05, 4.69) is 21.4 Å². The van der Waals surface area contributed by atoms with Gasteiger partial charge in [-0.25, -0.2) is 4.98 Å². The fourth-order valence-electron chi connectivity index (χ4n) is 2.62. The van der Waals surface area contributed by atoms with Gasteiger partial charge in [0.05, 0.1) is 12.4 Å². The molecule has 0 atom stereocenters. The van der Waals surface area contributed by atoms with E-state index in [0.29, 0.717) is 11.5 Å². The molecule has 0 saturated carbocycles. The molecule has 1 aliphatic heterocycles. The zero-order chi connectivity index (χ0) is 14.7. The average molecular weight is 282 g/mol. The number of amides is 1. The van der Waals surface area contributed by atoms with Gasteiger partial charge in [0.25, 0.3) is 5.91 Å². The van der Waals surface area contributed by atoms with Crippen LogP contribution in [0, 0.1) is 0 Å². The summed E-state index contributed by atoms with van der Waals surface area (Å²) in [5, 5.41) is 3.08. The second kappa shape index (κ2) is 5.91. The lowest BCUT2D eigenvalue weighted by Crippen LogP contribution is -2.36. The van der Waals surface area contributed by atoms with Gasteiger partial charge in [0.15, 0.2) is 0 Å². The summed E-state index contributed by atoms with van der Waals surface area (Å²) in [5.41, 5.74) is 2.59. The van der Waals surface area contributed by atoms with Crippen molar-refractivity contribution in [2.24, 2.45) is 0 Å². The Labute approximate surface area is 124 Å². The number of carbonyl (C=O) groups is 1. The van der Waals surface area contributed by atoms with Crippen molar-refractivity contribution in [2.75, 3.05) is 23.3 Å². The van der Waals surface area contributed by atoms with Crippen molar-refractivity contribution in [3.05, 3.63) is 47.9 Å². The molecule has 0 unspecified atom stereocenters. The van der Waals surface area contributed by atoms with Crippen LogP contribution in [0.1, 0.15) is 29.4 Å². The van der Waals surface area contributed by atoms with E-state index < -0.39 is 0 Å².